The lowest BCUT2D eigenvalue weighted by Gasteiger charge is -2.06. The van der Waals surface area contributed by atoms with Gasteiger partial charge in [0.2, 0.25) is 5.88 Å². The minimum atomic E-state index is -0.318. The molecule has 2 N–H and O–H groups in total. The van der Waals surface area contributed by atoms with Gasteiger partial charge < -0.3 is 15.2 Å². The smallest absolute Gasteiger partial charge is 0.212 e. The summed E-state index contributed by atoms with van der Waals surface area (Å²) in [5.74, 6) is 0.615. The molecule has 4 heteroatoms. The van der Waals surface area contributed by atoms with Crippen molar-refractivity contribution in [2.45, 2.75) is 19.6 Å². The lowest BCUT2D eigenvalue weighted by molar-refractivity contribution is 0.191. The predicted octanol–water partition coefficient (Wildman–Crippen LogP) is 0.561. The summed E-state index contributed by atoms with van der Waals surface area (Å²) in [6.07, 6.45) is 1.44. The molecule has 0 saturated heterocycles. The van der Waals surface area contributed by atoms with Crippen molar-refractivity contribution in [1.29, 1.82) is 0 Å². The molecule has 0 aromatic carbocycles. The molecule has 1 aromatic rings. The Bertz CT molecular complexity index is 259. The van der Waals surface area contributed by atoms with E-state index in [9.17, 15) is 0 Å². The molecular formula is C10H16N2O2. The van der Waals surface area contributed by atoms with Crippen LogP contribution in [0.5, 0.6) is 5.88 Å². The average molecular weight is 196 g/mol. The maximum absolute atomic E-state index is 9.01. The Morgan fingerprint density at radius 1 is 1.57 bits per heavy atom. The molecule has 14 heavy (non-hydrogen) atoms. The summed E-state index contributed by atoms with van der Waals surface area (Å²) >= 11 is 0. The molecule has 1 atom stereocenters. The van der Waals surface area contributed by atoms with Gasteiger partial charge in [0.25, 0.3) is 0 Å². The molecule has 0 saturated carbocycles. The van der Waals surface area contributed by atoms with Crippen LogP contribution in [0.2, 0.25) is 0 Å². The number of aliphatic hydroxyl groups is 1. The van der Waals surface area contributed by atoms with Gasteiger partial charge in [-0.3, -0.25) is 0 Å². The number of nitrogens with zero attached hydrogens (tertiary/aromatic N) is 1. The fourth-order valence-electron chi connectivity index (χ4n) is 1.06. The summed E-state index contributed by atoms with van der Waals surface area (Å²) in [5.41, 5.74) is 1.08. The Morgan fingerprint density at radius 3 is 2.86 bits per heavy atom. The normalized spacial score (nSPS) is 12.5. The third kappa shape index (κ3) is 3.72. The van der Waals surface area contributed by atoms with Crippen molar-refractivity contribution in [3.63, 3.8) is 0 Å². The molecule has 0 aliphatic rings. The van der Waals surface area contributed by atoms with Gasteiger partial charge in [-0.15, -0.1) is 0 Å². The number of aromatic nitrogens is 1. The molecule has 0 amide bonds. The summed E-state index contributed by atoms with van der Waals surface area (Å²) in [4.78, 5) is 4.07. The number of hydrogen-bond donors (Lipinski definition) is 2. The molecule has 1 heterocycles. The fourth-order valence-corrected chi connectivity index (χ4v) is 1.06. The largest absolute Gasteiger partial charge is 0.481 e. The van der Waals surface area contributed by atoms with Crippen LogP contribution in [0.3, 0.4) is 0 Å². The molecule has 1 aromatic heterocycles. The summed E-state index contributed by atoms with van der Waals surface area (Å²) < 4.78 is 4.94. The van der Waals surface area contributed by atoms with Crippen LogP contribution in [0.25, 0.3) is 0 Å². The van der Waals surface area contributed by atoms with Crippen LogP contribution in [0.4, 0.5) is 0 Å². The van der Waals surface area contributed by atoms with Gasteiger partial charge in [0.05, 0.1) is 13.2 Å². The average Bonchev–Trinajstić information content (AvgIpc) is 2.18. The third-order valence-electron chi connectivity index (χ3n) is 1.78. The summed E-state index contributed by atoms with van der Waals surface area (Å²) in [6, 6.07) is 3.76. The third-order valence-corrected chi connectivity index (χ3v) is 1.78. The van der Waals surface area contributed by atoms with E-state index in [0.717, 1.165) is 5.56 Å². The maximum atomic E-state index is 9.01. The summed E-state index contributed by atoms with van der Waals surface area (Å²) in [5, 5.41) is 12.1. The van der Waals surface area contributed by atoms with E-state index in [0.29, 0.717) is 19.0 Å². The number of hydrogen-bond acceptors (Lipinski definition) is 4. The molecule has 1 rings (SSSR count). The zero-order valence-corrected chi connectivity index (χ0v) is 8.53. The van der Waals surface area contributed by atoms with Gasteiger partial charge in [-0.2, -0.15) is 0 Å². The molecule has 1 unspecified atom stereocenters. The van der Waals surface area contributed by atoms with E-state index in [1.165, 1.54) is 0 Å². The van der Waals surface area contributed by atoms with Crippen molar-refractivity contribution in [3.05, 3.63) is 23.9 Å². The minimum absolute atomic E-state index is 0.318. The highest BCUT2D eigenvalue weighted by molar-refractivity contribution is 5.17. The second-order valence-corrected chi connectivity index (χ2v) is 3.19. The molecule has 4 nitrogen and oxygen atoms in total. The summed E-state index contributed by atoms with van der Waals surface area (Å²) in [6.45, 7) is 3.05. The number of pyridine rings is 1. The van der Waals surface area contributed by atoms with Crippen molar-refractivity contribution in [3.8, 4) is 5.88 Å². The SMILES string of the molecule is COc1ccc(CNCC(C)O)cn1. The van der Waals surface area contributed by atoms with E-state index in [1.807, 2.05) is 12.1 Å². The van der Waals surface area contributed by atoms with Gasteiger partial charge >= 0.3 is 0 Å². The molecule has 0 radical (unpaired) electrons. The van der Waals surface area contributed by atoms with Crippen molar-refractivity contribution in [2.24, 2.45) is 0 Å². The predicted molar refractivity (Wildman–Crippen MR) is 54.2 cm³/mol. The first-order valence-electron chi connectivity index (χ1n) is 4.60. The van der Waals surface area contributed by atoms with Gasteiger partial charge in [-0.1, -0.05) is 6.07 Å². The van der Waals surface area contributed by atoms with Crippen molar-refractivity contribution < 1.29 is 9.84 Å². The monoisotopic (exact) mass is 196 g/mol. The molecule has 0 fully saturated rings. The van der Waals surface area contributed by atoms with Crippen molar-refractivity contribution in [1.82, 2.24) is 10.3 Å². The van der Waals surface area contributed by atoms with Crippen LogP contribution in [-0.4, -0.2) is 29.8 Å². The Kier molecular flexibility index (Phi) is 4.35. The van der Waals surface area contributed by atoms with Crippen LogP contribution in [0.15, 0.2) is 18.3 Å². The number of methoxy groups -OCH3 is 1. The highest BCUT2D eigenvalue weighted by Crippen LogP contribution is 2.05. The van der Waals surface area contributed by atoms with Gasteiger partial charge in [-0.25, -0.2) is 4.98 Å². The Hall–Kier alpha value is -1.13. The highest BCUT2D eigenvalue weighted by atomic mass is 16.5. The van der Waals surface area contributed by atoms with E-state index < -0.39 is 0 Å². The summed E-state index contributed by atoms with van der Waals surface area (Å²) in [7, 11) is 1.59. The van der Waals surface area contributed by atoms with Gasteiger partial charge in [0, 0.05) is 25.4 Å². The lowest BCUT2D eigenvalue weighted by atomic mass is 10.3. The number of nitrogens with one attached hydrogen (secondary N) is 1. The van der Waals surface area contributed by atoms with Crippen LogP contribution in [0.1, 0.15) is 12.5 Å². The Balaban J connectivity index is 2.36. The number of ether oxygens (including phenoxy) is 1. The Morgan fingerprint density at radius 2 is 2.36 bits per heavy atom. The van der Waals surface area contributed by atoms with E-state index >= 15 is 0 Å². The number of rotatable bonds is 5. The fraction of sp³-hybridized carbons (Fsp3) is 0.500. The van der Waals surface area contributed by atoms with Crippen LogP contribution >= 0.6 is 0 Å². The maximum Gasteiger partial charge on any atom is 0.212 e. The minimum Gasteiger partial charge on any atom is -0.481 e. The Labute approximate surface area is 83.9 Å². The first-order chi connectivity index (χ1) is 6.72. The van der Waals surface area contributed by atoms with Crippen LogP contribution in [0, 0.1) is 0 Å². The molecule has 0 spiro atoms. The van der Waals surface area contributed by atoms with Crippen LogP contribution < -0.4 is 10.1 Å². The van der Waals surface area contributed by atoms with E-state index in [2.05, 4.69) is 10.3 Å². The van der Waals surface area contributed by atoms with Crippen molar-refractivity contribution in [2.75, 3.05) is 13.7 Å². The van der Waals surface area contributed by atoms with Gasteiger partial charge in [0.1, 0.15) is 0 Å². The zero-order chi connectivity index (χ0) is 10.4. The second-order valence-electron chi connectivity index (χ2n) is 3.19. The first-order valence-corrected chi connectivity index (χ1v) is 4.60. The zero-order valence-electron chi connectivity index (χ0n) is 8.53. The molecule has 0 aliphatic carbocycles. The topological polar surface area (TPSA) is 54.4 Å². The lowest BCUT2D eigenvalue weighted by Crippen LogP contribution is -2.23. The molecular weight excluding hydrogens is 180 g/mol. The molecule has 78 valence electrons. The van der Waals surface area contributed by atoms with Gasteiger partial charge in [0.15, 0.2) is 0 Å². The number of aliphatic hydroxyl groups excluding tert-OH is 1. The van der Waals surface area contributed by atoms with Crippen LogP contribution in [-0.2, 0) is 6.54 Å². The molecule has 0 bridgehead atoms. The molecule has 0 aliphatic heterocycles. The van der Waals surface area contributed by atoms with E-state index in [-0.39, 0.29) is 6.10 Å². The quantitative estimate of drug-likeness (QED) is 0.722. The van der Waals surface area contributed by atoms with E-state index in [1.54, 1.807) is 20.2 Å². The van der Waals surface area contributed by atoms with Crippen molar-refractivity contribution >= 4 is 0 Å². The first kappa shape index (κ1) is 10.9. The van der Waals surface area contributed by atoms with Gasteiger partial charge in [-0.05, 0) is 12.5 Å². The highest BCUT2D eigenvalue weighted by Gasteiger charge is 1.97. The second kappa shape index (κ2) is 5.57. The standard InChI is InChI=1S/C10H16N2O2/c1-8(13)5-11-6-9-3-4-10(14-2)12-7-9/h3-4,7-8,11,13H,5-6H2,1-2H3. The van der Waals surface area contributed by atoms with E-state index in [4.69, 9.17) is 9.84 Å².